The Morgan fingerprint density at radius 3 is 2.56 bits per heavy atom. The molecule has 96 valence electrons. The molecule has 3 heteroatoms. The van der Waals surface area contributed by atoms with E-state index in [-0.39, 0.29) is 0 Å². The summed E-state index contributed by atoms with van der Waals surface area (Å²) >= 11 is 0. The minimum absolute atomic E-state index is 0.394. The second kappa shape index (κ2) is 6.58. The van der Waals surface area contributed by atoms with Crippen molar-refractivity contribution in [3.05, 3.63) is 0 Å². The van der Waals surface area contributed by atoms with Gasteiger partial charge in [0.2, 0.25) is 0 Å². The van der Waals surface area contributed by atoms with Gasteiger partial charge in [0.1, 0.15) is 0 Å². The van der Waals surface area contributed by atoms with Crippen LogP contribution < -0.4 is 5.73 Å². The number of likely N-dealkylation sites (tertiary alicyclic amines) is 1. The fourth-order valence-corrected chi connectivity index (χ4v) is 2.68. The topological polar surface area (TPSA) is 32.5 Å². The minimum atomic E-state index is 0.394. The van der Waals surface area contributed by atoms with Gasteiger partial charge in [-0.1, -0.05) is 13.8 Å². The van der Waals surface area contributed by atoms with Gasteiger partial charge in [-0.3, -0.25) is 4.90 Å². The first-order valence-electron chi connectivity index (χ1n) is 6.63. The van der Waals surface area contributed by atoms with Gasteiger partial charge in [-0.05, 0) is 45.8 Å². The van der Waals surface area contributed by atoms with E-state index >= 15 is 0 Å². The van der Waals surface area contributed by atoms with Crippen LogP contribution in [0.25, 0.3) is 0 Å². The molecule has 0 aromatic rings. The van der Waals surface area contributed by atoms with Gasteiger partial charge in [-0.2, -0.15) is 0 Å². The van der Waals surface area contributed by atoms with Gasteiger partial charge in [0.15, 0.2) is 0 Å². The van der Waals surface area contributed by atoms with E-state index in [4.69, 9.17) is 5.73 Å². The van der Waals surface area contributed by atoms with Crippen molar-refractivity contribution in [2.75, 3.05) is 33.7 Å². The van der Waals surface area contributed by atoms with Gasteiger partial charge in [0.05, 0.1) is 0 Å². The van der Waals surface area contributed by atoms with Crippen molar-refractivity contribution in [3.63, 3.8) is 0 Å². The lowest BCUT2D eigenvalue weighted by molar-refractivity contribution is 0.110. The van der Waals surface area contributed by atoms with E-state index in [1.807, 2.05) is 0 Å². The predicted octanol–water partition coefficient (Wildman–Crippen LogP) is 1.39. The lowest BCUT2D eigenvalue weighted by Crippen LogP contribution is -2.51. The summed E-state index contributed by atoms with van der Waals surface area (Å²) in [6.45, 7) is 8.11. The van der Waals surface area contributed by atoms with Crippen molar-refractivity contribution in [1.82, 2.24) is 9.80 Å². The SMILES string of the molecule is CC(C)CC(CN(C)C)N1CCCC(N)C1. The second-order valence-electron chi connectivity index (χ2n) is 5.94. The van der Waals surface area contributed by atoms with E-state index in [1.54, 1.807) is 0 Å². The third kappa shape index (κ3) is 4.81. The maximum atomic E-state index is 6.07. The van der Waals surface area contributed by atoms with Crippen molar-refractivity contribution in [2.45, 2.75) is 45.2 Å². The Balaban J connectivity index is 2.52. The molecule has 1 heterocycles. The Labute approximate surface area is 101 Å². The summed E-state index contributed by atoms with van der Waals surface area (Å²) in [5.41, 5.74) is 6.07. The average Bonchev–Trinajstić information content (AvgIpc) is 2.15. The largest absolute Gasteiger partial charge is 0.327 e. The highest BCUT2D eigenvalue weighted by Crippen LogP contribution is 2.17. The van der Waals surface area contributed by atoms with Crippen LogP contribution in [0.3, 0.4) is 0 Å². The highest BCUT2D eigenvalue weighted by Gasteiger charge is 2.24. The number of nitrogens with two attached hydrogens (primary N) is 1. The van der Waals surface area contributed by atoms with E-state index in [1.165, 1.54) is 25.8 Å². The summed E-state index contributed by atoms with van der Waals surface area (Å²) in [6, 6.07) is 1.08. The Bertz CT molecular complexity index is 182. The van der Waals surface area contributed by atoms with Gasteiger partial charge in [0.25, 0.3) is 0 Å². The summed E-state index contributed by atoms with van der Waals surface area (Å²) in [7, 11) is 4.33. The third-order valence-corrected chi connectivity index (χ3v) is 3.33. The van der Waals surface area contributed by atoms with Crippen molar-refractivity contribution in [3.8, 4) is 0 Å². The molecule has 0 amide bonds. The highest BCUT2D eigenvalue weighted by atomic mass is 15.2. The molecule has 0 aromatic heterocycles. The van der Waals surface area contributed by atoms with Crippen LogP contribution in [0.4, 0.5) is 0 Å². The number of hydrogen-bond acceptors (Lipinski definition) is 3. The molecule has 0 radical (unpaired) electrons. The monoisotopic (exact) mass is 227 g/mol. The summed E-state index contributed by atoms with van der Waals surface area (Å²) in [4.78, 5) is 4.90. The van der Waals surface area contributed by atoms with Crippen molar-refractivity contribution >= 4 is 0 Å². The minimum Gasteiger partial charge on any atom is -0.327 e. The predicted molar refractivity (Wildman–Crippen MR) is 70.6 cm³/mol. The van der Waals surface area contributed by atoms with Gasteiger partial charge in [-0.15, -0.1) is 0 Å². The van der Waals surface area contributed by atoms with Crippen LogP contribution in [0, 0.1) is 5.92 Å². The molecule has 0 spiro atoms. The molecule has 2 N–H and O–H groups in total. The zero-order valence-electron chi connectivity index (χ0n) is 11.4. The molecule has 1 rings (SSSR count). The first kappa shape index (κ1) is 13.9. The van der Waals surface area contributed by atoms with Gasteiger partial charge >= 0.3 is 0 Å². The molecular weight excluding hydrogens is 198 g/mol. The van der Waals surface area contributed by atoms with Crippen LogP contribution in [0.15, 0.2) is 0 Å². The molecule has 1 aliphatic rings. The normalized spacial score (nSPS) is 25.3. The van der Waals surface area contributed by atoms with Gasteiger partial charge < -0.3 is 10.6 Å². The molecule has 0 aliphatic carbocycles. The fraction of sp³-hybridized carbons (Fsp3) is 1.00. The third-order valence-electron chi connectivity index (χ3n) is 3.33. The molecule has 2 unspecified atom stereocenters. The van der Waals surface area contributed by atoms with E-state index in [9.17, 15) is 0 Å². The molecular formula is C13H29N3. The van der Waals surface area contributed by atoms with Crippen LogP contribution in [0.2, 0.25) is 0 Å². The summed E-state index contributed by atoms with van der Waals surface area (Å²) in [5, 5.41) is 0. The Kier molecular flexibility index (Phi) is 5.73. The zero-order chi connectivity index (χ0) is 12.1. The molecule has 0 saturated carbocycles. The number of likely N-dealkylation sites (N-methyl/N-ethyl adjacent to an activating group) is 1. The first-order valence-corrected chi connectivity index (χ1v) is 6.63. The Hall–Kier alpha value is -0.120. The van der Waals surface area contributed by atoms with Crippen LogP contribution >= 0.6 is 0 Å². The molecule has 1 aliphatic heterocycles. The molecule has 0 bridgehead atoms. The van der Waals surface area contributed by atoms with E-state index in [0.717, 1.165) is 19.0 Å². The van der Waals surface area contributed by atoms with E-state index < -0.39 is 0 Å². The average molecular weight is 227 g/mol. The van der Waals surface area contributed by atoms with Gasteiger partial charge in [0, 0.05) is 25.2 Å². The standard InChI is InChI=1S/C13H29N3/c1-11(2)8-13(10-15(3)4)16-7-5-6-12(14)9-16/h11-13H,5-10,14H2,1-4H3. The number of rotatable bonds is 5. The molecule has 2 atom stereocenters. The molecule has 3 nitrogen and oxygen atoms in total. The first-order chi connectivity index (χ1) is 7.49. The van der Waals surface area contributed by atoms with Crippen molar-refractivity contribution < 1.29 is 0 Å². The summed E-state index contributed by atoms with van der Waals surface area (Å²) < 4.78 is 0. The summed E-state index contributed by atoms with van der Waals surface area (Å²) in [5.74, 6) is 0.767. The highest BCUT2D eigenvalue weighted by molar-refractivity contribution is 4.82. The Morgan fingerprint density at radius 2 is 2.06 bits per heavy atom. The second-order valence-corrected chi connectivity index (χ2v) is 5.94. The number of piperidine rings is 1. The fourth-order valence-electron chi connectivity index (χ4n) is 2.68. The van der Waals surface area contributed by atoms with E-state index in [2.05, 4.69) is 37.7 Å². The Morgan fingerprint density at radius 1 is 1.38 bits per heavy atom. The van der Waals surface area contributed by atoms with Crippen LogP contribution in [0.5, 0.6) is 0 Å². The maximum absolute atomic E-state index is 6.07. The molecule has 1 saturated heterocycles. The molecule has 16 heavy (non-hydrogen) atoms. The number of nitrogens with zero attached hydrogens (tertiary/aromatic N) is 2. The zero-order valence-corrected chi connectivity index (χ0v) is 11.4. The maximum Gasteiger partial charge on any atom is 0.0226 e. The van der Waals surface area contributed by atoms with E-state index in [0.29, 0.717) is 12.1 Å². The van der Waals surface area contributed by atoms with Gasteiger partial charge in [-0.25, -0.2) is 0 Å². The lowest BCUT2D eigenvalue weighted by atomic mass is 9.98. The van der Waals surface area contributed by atoms with Crippen molar-refractivity contribution in [1.29, 1.82) is 0 Å². The van der Waals surface area contributed by atoms with Crippen molar-refractivity contribution in [2.24, 2.45) is 11.7 Å². The quantitative estimate of drug-likeness (QED) is 0.770. The lowest BCUT2D eigenvalue weighted by Gasteiger charge is -2.39. The summed E-state index contributed by atoms with van der Waals surface area (Å²) in [6.07, 6.45) is 3.75. The number of hydrogen-bond donors (Lipinski definition) is 1. The smallest absolute Gasteiger partial charge is 0.0226 e. The molecule has 0 aromatic carbocycles. The van der Waals surface area contributed by atoms with Crippen LogP contribution in [0.1, 0.15) is 33.1 Å². The molecule has 1 fully saturated rings. The van der Waals surface area contributed by atoms with Crippen LogP contribution in [-0.2, 0) is 0 Å². The van der Waals surface area contributed by atoms with Crippen LogP contribution in [-0.4, -0.2) is 55.6 Å².